The second kappa shape index (κ2) is 10.8. The van der Waals surface area contributed by atoms with E-state index in [-0.39, 0.29) is 15.4 Å². The molecule has 1 saturated heterocycles. The Hall–Kier alpha value is -2.27. The molecule has 0 unspecified atom stereocenters. The van der Waals surface area contributed by atoms with Crippen molar-refractivity contribution in [3.05, 3.63) is 54.1 Å². The summed E-state index contributed by atoms with van der Waals surface area (Å²) < 4.78 is 54.2. The van der Waals surface area contributed by atoms with Crippen LogP contribution in [0, 0.1) is 0 Å². The van der Waals surface area contributed by atoms with Crippen molar-refractivity contribution in [2.75, 3.05) is 31.5 Å². The van der Waals surface area contributed by atoms with Crippen LogP contribution in [-0.4, -0.2) is 57.5 Å². The van der Waals surface area contributed by atoms with Crippen LogP contribution < -0.4 is 5.32 Å². The van der Waals surface area contributed by atoms with E-state index in [4.69, 9.17) is 0 Å². The van der Waals surface area contributed by atoms with Crippen LogP contribution >= 0.6 is 0 Å². The zero-order valence-electron chi connectivity index (χ0n) is 19.0. The summed E-state index contributed by atoms with van der Waals surface area (Å²) in [5, 5.41) is 2.71. The van der Waals surface area contributed by atoms with Crippen LogP contribution in [0.1, 0.15) is 49.9 Å². The Balaban J connectivity index is 1.76. The number of rotatable bonds is 8. The van der Waals surface area contributed by atoms with Crippen molar-refractivity contribution in [2.24, 2.45) is 0 Å². The van der Waals surface area contributed by atoms with Gasteiger partial charge in [-0.25, -0.2) is 16.8 Å². The SMILES string of the molecule is CCN(CC)S(=O)(=O)c1ccc(NC(=O)c2cccc(S(=O)(=O)N3CCCCCC3)c2)cc1. The number of anilines is 1. The highest BCUT2D eigenvalue weighted by molar-refractivity contribution is 7.89. The first-order valence-electron chi connectivity index (χ1n) is 11.2. The van der Waals surface area contributed by atoms with E-state index in [2.05, 4.69) is 5.32 Å². The fourth-order valence-electron chi connectivity index (χ4n) is 3.85. The summed E-state index contributed by atoms with van der Waals surface area (Å²) in [7, 11) is -7.25. The normalized spacial score (nSPS) is 15.8. The monoisotopic (exact) mass is 493 g/mol. The molecular weight excluding hydrogens is 462 g/mol. The topological polar surface area (TPSA) is 104 Å². The lowest BCUT2D eigenvalue weighted by atomic mass is 10.2. The molecule has 1 heterocycles. The van der Waals surface area contributed by atoms with Crippen LogP contribution in [0.5, 0.6) is 0 Å². The molecule has 0 radical (unpaired) electrons. The third-order valence-electron chi connectivity index (χ3n) is 5.75. The predicted octanol–water partition coefficient (Wildman–Crippen LogP) is 3.53. The number of hydrogen-bond donors (Lipinski definition) is 1. The molecule has 1 amide bonds. The van der Waals surface area contributed by atoms with E-state index < -0.39 is 26.0 Å². The van der Waals surface area contributed by atoms with Crippen molar-refractivity contribution in [3.63, 3.8) is 0 Å². The van der Waals surface area contributed by atoms with Crippen LogP contribution in [0.3, 0.4) is 0 Å². The molecule has 1 N–H and O–H groups in total. The Kier molecular flexibility index (Phi) is 8.28. The average Bonchev–Trinajstić information content (AvgIpc) is 3.10. The largest absolute Gasteiger partial charge is 0.322 e. The van der Waals surface area contributed by atoms with Gasteiger partial charge in [0.25, 0.3) is 5.91 Å². The molecular formula is C23H31N3O5S2. The molecule has 1 aliphatic rings. The van der Waals surface area contributed by atoms with Crippen molar-refractivity contribution < 1.29 is 21.6 Å². The van der Waals surface area contributed by atoms with Crippen molar-refractivity contribution in [2.45, 2.75) is 49.3 Å². The van der Waals surface area contributed by atoms with Gasteiger partial charge in [-0.2, -0.15) is 8.61 Å². The van der Waals surface area contributed by atoms with Gasteiger partial charge in [-0.3, -0.25) is 4.79 Å². The molecule has 0 atom stereocenters. The minimum Gasteiger partial charge on any atom is -0.322 e. The molecule has 2 aromatic rings. The fraction of sp³-hybridized carbons (Fsp3) is 0.435. The molecule has 0 bridgehead atoms. The number of benzene rings is 2. The van der Waals surface area contributed by atoms with Gasteiger partial charge in [0.05, 0.1) is 9.79 Å². The van der Waals surface area contributed by atoms with Crippen molar-refractivity contribution in [3.8, 4) is 0 Å². The Morgan fingerprint density at radius 2 is 1.48 bits per heavy atom. The van der Waals surface area contributed by atoms with E-state index in [1.54, 1.807) is 26.0 Å². The number of carbonyl (C=O) groups is 1. The first kappa shape index (κ1) is 25.4. The van der Waals surface area contributed by atoms with Gasteiger partial charge in [-0.15, -0.1) is 0 Å². The van der Waals surface area contributed by atoms with Gasteiger partial charge in [-0.1, -0.05) is 32.8 Å². The van der Waals surface area contributed by atoms with Gasteiger partial charge in [-0.05, 0) is 55.3 Å². The third kappa shape index (κ3) is 5.81. The summed E-state index contributed by atoms with van der Waals surface area (Å²) in [6.45, 7) is 5.26. The highest BCUT2D eigenvalue weighted by Crippen LogP contribution is 2.22. The van der Waals surface area contributed by atoms with Gasteiger partial charge in [0.15, 0.2) is 0 Å². The lowest BCUT2D eigenvalue weighted by Crippen LogP contribution is -2.32. The Labute approximate surface area is 196 Å². The van der Waals surface area contributed by atoms with Crippen LogP contribution in [0.15, 0.2) is 58.3 Å². The summed E-state index contributed by atoms with van der Waals surface area (Å²) in [5.41, 5.74) is 0.630. The summed E-state index contributed by atoms with van der Waals surface area (Å²) in [6, 6.07) is 11.9. The van der Waals surface area contributed by atoms with E-state index in [1.807, 2.05) is 0 Å². The maximum Gasteiger partial charge on any atom is 0.255 e. The van der Waals surface area contributed by atoms with E-state index in [9.17, 15) is 21.6 Å². The molecule has 8 nitrogen and oxygen atoms in total. The zero-order valence-corrected chi connectivity index (χ0v) is 20.7. The summed E-state index contributed by atoms with van der Waals surface area (Å²) in [5.74, 6) is -0.470. The quantitative estimate of drug-likeness (QED) is 0.606. The van der Waals surface area contributed by atoms with Gasteiger partial charge < -0.3 is 5.32 Å². The Morgan fingerprint density at radius 1 is 0.879 bits per heavy atom. The van der Waals surface area contributed by atoms with Crippen LogP contribution in [0.4, 0.5) is 5.69 Å². The number of hydrogen-bond acceptors (Lipinski definition) is 5. The van der Waals surface area contributed by atoms with Gasteiger partial charge >= 0.3 is 0 Å². The molecule has 0 saturated carbocycles. The van der Waals surface area contributed by atoms with Gasteiger partial charge in [0, 0.05) is 37.4 Å². The molecule has 0 aliphatic carbocycles. The molecule has 0 aromatic heterocycles. The second-order valence-electron chi connectivity index (χ2n) is 7.91. The molecule has 3 rings (SSSR count). The van der Waals surface area contributed by atoms with E-state index in [1.165, 1.54) is 45.0 Å². The minimum atomic E-state index is -3.67. The van der Waals surface area contributed by atoms with E-state index in [0.29, 0.717) is 31.9 Å². The Morgan fingerprint density at radius 3 is 2.06 bits per heavy atom. The smallest absolute Gasteiger partial charge is 0.255 e. The lowest BCUT2D eigenvalue weighted by Gasteiger charge is -2.20. The molecule has 0 spiro atoms. The van der Waals surface area contributed by atoms with E-state index in [0.717, 1.165) is 25.7 Å². The van der Waals surface area contributed by atoms with E-state index >= 15 is 0 Å². The summed E-state index contributed by atoms with van der Waals surface area (Å²) >= 11 is 0. The fourth-order valence-corrected chi connectivity index (χ4v) is 6.88. The second-order valence-corrected chi connectivity index (χ2v) is 11.8. The van der Waals surface area contributed by atoms with Crippen molar-refractivity contribution in [1.82, 2.24) is 8.61 Å². The van der Waals surface area contributed by atoms with Crippen LogP contribution in [-0.2, 0) is 20.0 Å². The standard InChI is InChI=1S/C23H31N3O5S2/c1-3-25(4-2)32(28,29)21-14-12-20(13-15-21)24-23(27)19-10-9-11-22(18-19)33(30,31)26-16-7-5-6-8-17-26/h9-15,18H,3-8,16-17H2,1-2H3,(H,24,27). The highest BCUT2D eigenvalue weighted by Gasteiger charge is 2.26. The zero-order chi connectivity index (χ0) is 24.1. The molecule has 33 heavy (non-hydrogen) atoms. The van der Waals surface area contributed by atoms with Crippen LogP contribution in [0.25, 0.3) is 0 Å². The first-order chi connectivity index (χ1) is 15.7. The number of carbonyl (C=O) groups excluding carboxylic acids is 1. The molecule has 180 valence electrons. The highest BCUT2D eigenvalue weighted by atomic mass is 32.2. The summed E-state index contributed by atoms with van der Waals surface area (Å²) in [4.78, 5) is 13.0. The predicted molar refractivity (Wildman–Crippen MR) is 128 cm³/mol. The average molecular weight is 494 g/mol. The van der Waals surface area contributed by atoms with Crippen molar-refractivity contribution in [1.29, 1.82) is 0 Å². The maximum atomic E-state index is 13.0. The Bertz CT molecular complexity index is 1170. The summed E-state index contributed by atoms with van der Waals surface area (Å²) in [6.07, 6.45) is 3.70. The first-order valence-corrected chi connectivity index (χ1v) is 14.1. The molecule has 2 aromatic carbocycles. The molecule has 1 aliphatic heterocycles. The number of amides is 1. The van der Waals surface area contributed by atoms with Gasteiger partial charge in [0.2, 0.25) is 20.0 Å². The minimum absolute atomic E-state index is 0.0951. The number of sulfonamides is 2. The third-order valence-corrected chi connectivity index (χ3v) is 9.71. The number of nitrogens with one attached hydrogen (secondary N) is 1. The molecule has 1 fully saturated rings. The van der Waals surface area contributed by atoms with Gasteiger partial charge in [0.1, 0.15) is 0 Å². The maximum absolute atomic E-state index is 13.0. The number of nitrogens with zero attached hydrogens (tertiary/aromatic N) is 2. The van der Waals surface area contributed by atoms with Crippen LogP contribution in [0.2, 0.25) is 0 Å². The molecule has 10 heteroatoms. The lowest BCUT2D eigenvalue weighted by molar-refractivity contribution is 0.102. The van der Waals surface area contributed by atoms with Crippen molar-refractivity contribution >= 4 is 31.6 Å².